The summed E-state index contributed by atoms with van der Waals surface area (Å²) in [7, 11) is -1.33. The Morgan fingerprint density at radius 1 is 1.03 bits per heavy atom. The van der Waals surface area contributed by atoms with Crippen LogP contribution in [0.1, 0.15) is 21.6 Å². The Kier molecular flexibility index (Phi) is 5.26. The second kappa shape index (κ2) is 7.87. The highest BCUT2D eigenvalue weighted by molar-refractivity contribution is 6.88. The van der Waals surface area contributed by atoms with Gasteiger partial charge in [-0.1, -0.05) is 72.4 Å². The summed E-state index contributed by atoms with van der Waals surface area (Å²) < 4.78 is 7.66. The number of rotatable bonds is 6. The van der Waals surface area contributed by atoms with E-state index in [0.717, 1.165) is 28.7 Å². The average Bonchev–Trinajstić information content (AvgIpc) is 3.35. The fourth-order valence-corrected chi connectivity index (χ4v) is 4.61. The number of carbonyl (C=O) groups excluding carboxylic acids is 1. The molecule has 5 nitrogen and oxygen atoms in total. The molecular weight excluding hydrogens is 390 g/mol. The number of hydrogen-bond donors (Lipinski definition) is 0. The van der Waals surface area contributed by atoms with Crippen LogP contribution in [-0.4, -0.2) is 29.1 Å². The van der Waals surface area contributed by atoms with E-state index in [1.54, 1.807) is 6.07 Å². The number of hydrogen-bond acceptors (Lipinski definition) is 4. The standard InChI is InChI=1S/C24H25N3O2Si/c1-17-12-21(15-27(17)14-18-6-5-7-19(13-18)16-28)24-25-23(26-29-24)20-8-10-22(11-9-20)30(2,3)4/h5-13,15-16H,14H2,1-4H3. The van der Waals surface area contributed by atoms with E-state index in [1.807, 2.05) is 37.4 Å². The Labute approximate surface area is 177 Å². The molecule has 0 saturated carbocycles. The average molecular weight is 416 g/mol. The third kappa shape index (κ3) is 4.18. The molecule has 0 fully saturated rings. The van der Waals surface area contributed by atoms with Crippen LogP contribution in [-0.2, 0) is 6.54 Å². The van der Waals surface area contributed by atoms with Crippen molar-refractivity contribution in [1.29, 1.82) is 0 Å². The summed E-state index contributed by atoms with van der Waals surface area (Å²) >= 11 is 0. The van der Waals surface area contributed by atoms with Gasteiger partial charge in [0, 0.05) is 29.6 Å². The molecule has 0 spiro atoms. The number of benzene rings is 2. The lowest BCUT2D eigenvalue weighted by atomic mass is 10.1. The number of aldehydes is 1. The predicted octanol–water partition coefficient (Wildman–Crippen LogP) is 4.92. The normalized spacial score (nSPS) is 11.6. The van der Waals surface area contributed by atoms with Gasteiger partial charge in [0.2, 0.25) is 5.82 Å². The molecule has 2 aromatic heterocycles. The number of aryl methyl sites for hydroxylation is 1. The lowest BCUT2D eigenvalue weighted by Crippen LogP contribution is -2.37. The van der Waals surface area contributed by atoms with Gasteiger partial charge in [-0.15, -0.1) is 0 Å². The van der Waals surface area contributed by atoms with Crippen LogP contribution in [0.4, 0.5) is 0 Å². The summed E-state index contributed by atoms with van der Waals surface area (Å²) in [6.45, 7) is 9.70. The van der Waals surface area contributed by atoms with Crippen LogP contribution < -0.4 is 5.19 Å². The number of aromatic nitrogens is 3. The number of carbonyl (C=O) groups is 1. The van der Waals surface area contributed by atoms with E-state index in [0.29, 0.717) is 23.8 Å². The molecule has 0 atom stereocenters. The second-order valence-electron chi connectivity index (χ2n) is 8.61. The second-order valence-corrected chi connectivity index (χ2v) is 13.7. The Hall–Kier alpha value is -3.25. The van der Waals surface area contributed by atoms with Gasteiger partial charge in [0.05, 0.1) is 13.6 Å². The Morgan fingerprint density at radius 3 is 2.50 bits per heavy atom. The molecular formula is C24H25N3O2Si. The van der Waals surface area contributed by atoms with Gasteiger partial charge in [-0.2, -0.15) is 4.98 Å². The molecule has 0 aliphatic rings. The summed E-state index contributed by atoms with van der Waals surface area (Å²) in [4.78, 5) is 15.6. The van der Waals surface area contributed by atoms with E-state index in [9.17, 15) is 4.79 Å². The summed E-state index contributed by atoms with van der Waals surface area (Å²) in [5.74, 6) is 1.10. The fourth-order valence-electron chi connectivity index (χ4n) is 3.44. The van der Waals surface area contributed by atoms with Crippen molar-refractivity contribution in [2.24, 2.45) is 0 Å². The molecule has 0 aliphatic carbocycles. The molecule has 0 unspecified atom stereocenters. The smallest absolute Gasteiger partial charge is 0.259 e. The summed E-state index contributed by atoms with van der Waals surface area (Å²) in [5, 5.41) is 5.58. The van der Waals surface area contributed by atoms with Crippen LogP contribution in [0, 0.1) is 6.92 Å². The first-order valence-corrected chi connectivity index (χ1v) is 13.5. The molecule has 6 heteroatoms. The number of nitrogens with zero attached hydrogens (tertiary/aromatic N) is 3. The first-order valence-electron chi connectivity index (χ1n) is 9.99. The van der Waals surface area contributed by atoms with E-state index in [1.165, 1.54) is 5.19 Å². The van der Waals surface area contributed by atoms with Crippen LogP contribution in [0.15, 0.2) is 65.3 Å². The zero-order valence-electron chi connectivity index (χ0n) is 17.7. The van der Waals surface area contributed by atoms with E-state index in [4.69, 9.17) is 4.52 Å². The Bertz CT molecular complexity index is 1180. The molecule has 30 heavy (non-hydrogen) atoms. The maximum absolute atomic E-state index is 11.0. The minimum absolute atomic E-state index is 0.503. The zero-order chi connectivity index (χ0) is 21.3. The minimum Gasteiger partial charge on any atom is -0.347 e. The molecule has 4 aromatic rings. The van der Waals surface area contributed by atoms with Gasteiger partial charge in [-0.3, -0.25) is 4.79 Å². The van der Waals surface area contributed by atoms with Gasteiger partial charge in [0.1, 0.15) is 6.29 Å². The third-order valence-corrected chi connectivity index (χ3v) is 7.30. The largest absolute Gasteiger partial charge is 0.347 e. The van der Waals surface area contributed by atoms with Crippen LogP contribution in [0.5, 0.6) is 0 Å². The lowest BCUT2D eigenvalue weighted by Gasteiger charge is -2.16. The van der Waals surface area contributed by atoms with Gasteiger partial charge in [0.15, 0.2) is 0 Å². The summed E-state index contributed by atoms with van der Waals surface area (Å²) in [6, 6.07) is 18.1. The SMILES string of the molecule is Cc1cc(-c2nc(-c3ccc([Si](C)(C)C)cc3)no2)cn1Cc1cccc(C=O)c1. The lowest BCUT2D eigenvalue weighted by molar-refractivity contribution is 0.112. The first-order chi connectivity index (χ1) is 14.3. The molecule has 0 radical (unpaired) electrons. The monoisotopic (exact) mass is 415 g/mol. The van der Waals surface area contributed by atoms with Crippen LogP contribution in [0.2, 0.25) is 19.6 Å². The molecule has 0 N–H and O–H groups in total. The molecule has 0 aliphatic heterocycles. The van der Waals surface area contributed by atoms with Gasteiger partial charge < -0.3 is 9.09 Å². The maximum atomic E-state index is 11.0. The highest BCUT2D eigenvalue weighted by Crippen LogP contribution is 2.24. The minimum atomic E-state index is -1.33. The van der Waals surface area contributed by atoms with E-state index >= 15 is 0 Å². The quantitative estimate of drug-likeness (QED) is 0.331. The van der Waals surface area contributed by atoms with Gasteiger partial charge in [0.25, 0.3) is 5.89 Å². The Balaban J connectivity index is 1.56. The molecule has 152 valence electrons. The third-order valence-electron chi connectivity index (χ3n) is 5.23. The van der Waals surface area contributed by atoms with Crippen molar-refractivity contribution in [3.63, 3.8) is 0 Å². The molecule has 2 heterocycles. The summed E-state index contributed by atoms with van der Waals surface area (Å²) in [6.07, 6.45) is 2.88. The zero-order valence-corrected chi connectivity index (χ0v) is 18.7. The van der Waals surface area contributed by atoms with E-state index in [2.05, 4.69) is 58.6 Å². The van der Waals surface area contributed by atoms with Crippen molar-refractivity contribution in [3.8, 4) is 22.8 Å². The molecule has 2 aromatic carbocycles. The van der Waals surface area contributed by atoms with Crippen molar-refractivity contribution < 1.29 is 9.32 Å². The highest BCUT2D eigenvalue weighted by Gasteiger charge is 2.17. The van der Waals surface area contributed by atoms with Crippen LogP contribution in [0.25, 0.3) is 22.8 Å². The Morgan fingerprint density at radius 2 is 1.80 bits per heavy atom. The molecule has 0 saturated heterocycles. The van der Waals surface area contributed by atoms with Gasteiger partial charge in [-0.25, -0.2) is 0 Å². The molecule has 0 amide bonds. The van der Waals surface area contributed by atoms with Crippen molar-refractivity contribution in [2.75, 3.05) is 0 Å². The molecule has 0 bridgehead atoms. The van der Waals surface area contributed by atoms with Crippen molar-refractivity contribution >= 4 is 19.5 Å². The first kappa shape index (κ1) is 20.0. The van der Waals surface area contributed by atoms with Crippen LogP contribution in [0.3, 0.4) is 0 Å². The van der Waals surface area contributed by atoms with Crippen molar-refractivity contribution in [1.82, 2.24) is 14.7 Å². The maximum Gasteiger partial charge on any atom is 0.259 e. The topological polar surface area (TPSA) is 60.9 Å². The summed E-state index contributed by atoms with van der Waals surface area (Å²) in [5.41, 5.74) is 4.67. The van der Waals surface area contributed by atoms with Crippen molar-refractivity contribution in [2.45, 2.75) is 33.1 Å². The van der Waals surface area contributed by atoms with Gasteiger partial charge >= 0.3 is 0 Å². The van der Waals surface area contributed by atoms with E-state index < -0.39 is 8.07 Å². The van der Waals surface area contributed by atoms with Crippen LogP contribution >= 0.6 is 0 Å². The van der Waals surface area contributed by atoms with Crippen molar-refractivity contribution in [3.05, 3.63) is 77.6 Å². The fraction of sp³-hybridized carbons (Fsp3) is 0.208. The highest BCUT2D eigenvalue weighted by atomic mass is 28.3. The molecule has 4 rings (SSSR count). The predicted molar refractivity (Wildman–Crippen MR) is 122 cm³/mol. The van der Waals surface area contributed by atoms with E-state index in [-0.39, 0.29) is 0 Å². The van der Waals surface area contributed by atoms with Gasteiger partial charge in [-0.05, 0) is 24.6 Å².